The van der Waals surface area contributed by atoms with Crippen LogP contribution < -0.4 is 5.32 Å². The molecule has 19 heavy (non-hydrogen) atoms. The summed E-state index contributed by atoms with van der Waals surface area (Å²) in [5, 5.41) is 12.4. The summed E-state index contributed by atoms with van der Waals surface area (Å²) in [5.41, 5.74) is 0.197. The summed E-state index contributed by atoms with van der Waals surface area (Å²) >= 11 is 3.24. The molecule has 2 N–H and O–H groups in total. The van der Waals surface area contributed by atoms with Gasteiger partial charge >= 0.3 is 5.97 Å². The van der Waals surface area contributed by atoms with Crippen LogP contribution in [0.25, 0.3) is 0 Å². The molecule has 1 aromatic rings. The summed E-state index contributed by atoms with van der Waals surface area (Å²) in [6.45, 7) is 5.22. The van der Waals surface area contributed by atoms with Gasteiger partial charge in [-0.05, 0) is 54.9 Å². The second kappa shape index (κ2) is 6.34. The number of carbonyl (C=O) groups is 1. The topological polar surface area (TPSA) is 65.5 Å². The number of rotatable bonds is 5. The Morgan fingerprint density at radius 2 is 2.26 bits per heavy atom. The molecule has 2 rings (SSSR count). The van der Waals surface area contributed by atoms with Crippen molar-refractivity contribution in [2.24, 2.45) is 0 Å². The zero-order valence-corrected chi connectivity index (χ0v) is 12.5. The first-order chi connectivity index (χ1) is 9.06. The first-order valence-corrected chi connectivity index (χ1v) is 7.23. The van der Waals surface area contributed by atoms with E-state index in [1.54, 1.807) is 12.3 Å². The van der Waals surface area contributed by atoms with Gasteiger partial charge in [0, 0.05) is 23.3 Å². The van der Waals surface area contributed by atoms with Crippen molar-refractivity contribution < 1.29 is 9.90 Å². The summed E-state index contributed by atoms with van der Waals surface area (Å²) in [7, 11) is 0. The fourth-order valence-corrected chi connectivity index (χ4v) is 2.68. The van der Waals surface area contributed by atoms with E-state index < -0.39 is 5.97 Å². The van der Waals surface area contributed by atoms with Crippen molar-refractivity contribution in [1.29, 1.82) is 0 Å². The number of nitrogens with zero attached hydrogens (tertiary/aromatic N) is 2. The van der Waals surface area contributed by atoms with Gasteiger partial charge in [-0.15, -0.1) is 0 Å². The SMILES string of the molecule is CC(CN1CCCC1)Nc1ncc(Br)cc1C(=O)O. The summed E-state index contributed by atoms with van der Waals surface area (Å²) in [5.74, 6) is -0.535. The summed E-state index contributed by atoms with van der Waals surface area (Å²) in [4.78, 5) is 17.7. The maximum absolute atomic E-state index is 11.2. The van der Waals surface area contributed by atoms with Crippen LogP contribution in [0.15, 0.2) is 16.7 Å². The molecule has 0 bridgehead atoms. The summed E-state index contributed by atoms with van der Waals surface area (Å²) < 4.78 is 0.669. The van der Waals surface area contributed by atoms with Crippen molar-refractivity contribution >= 4 is 27.7 Å². The van der Waals surface area contributed by atoms with Crippen LogP contribution in [-0.2, 0) is 0 Å². The van der Waals surface area contributed by atoms with E-state index >= 15 is 0 Å². The van der Waals surface area contributed by atoms with Gasteiger partial charge in [-0.2, -0.15) is 0 Å². The maximum Gasteiger partial charge on any atom is 0.339 e. The number of hydrogen-bond donors (Lipinski definition) is 2. The highest BCUT2D eigenvalue weighted by Crippen LogP contribution is 2.19. The van der Waals surface area contributed by atoms with Gasteiger partial charge in [-0.1, -0.05) is 0 Å². The number of carboxylic acid groups (broad SMARTS) is 1. The number of pyridine rings is 1. The molecule has 1 atom stereocenters. The molecule has 1 fully saturated rings. The predicted octanol–water partition coefficient (Wildman–Crippen LogP) is 2.44. The zero-order chi connectivity index (χ0) is 13.8. The second-order valence-electron chi connectivity index (χ2n) is 4.91. The molecular formula is C13H18BrN3O2. The number of halogens is 1. The minimum Gasteiger partial charge on any atom is -0.478 e. The van der Waals surface area contributed by atoms with Gasteiger partial charge in [-0.3, -0.25) is 0 Å². The van der Waals surface area contributed by atoms with Crippen molar-refractivity contribution in [1.82, 2.24) is 9.88 Å². The largest absolute Gasteiger partial charge is 0.478 e. The normalized spacial score (nSPS) is 17.4. The second-order valence-corrected chi connectivity index (χ2v) is 5.82. The van der Waals surface area contributed by atoms with E-state index in [1.807, 2.05) is 6.92 Å². The smallest absolute Gasteiger partial charge is 0.339 e. The molecule has 1 aromatic heterocycles. The molecule has 0 saturated carbocycles. The van der Waals surface area contributed by atoms with Gasteiger partial charge in [0.15, 0.2) is 0 Å². The van der Waals surface area contributed by atoms with Crippen molar-refractivity contribution in [3.8, 4) is 0 Å². The van der Waals surface area contributed by atoms with E-state index in [9.17, 15) is 9.90 Å². The lowest BCUT2D eigenvalue weighted by Crippen LogP contribution is -2.33. The van der Waals surface area contributed by atoms with Crippen molar-refractivity contribution in [3.05, 3.63) is 22.3 Å². The molecule has 0 amide bonds. The number of likely N-dealkylation sites (tertiary alicyclic amines) is 1. The Balaban J connectivity index is 2.03. The van der Waals surface area contributed by atoms with Crippen LogP contribution in [0.2, 0.25) is 0 Å². The number of nitrogens with one attached hydrogen (secondary N) is 1. The van der Waals surface area contributed by atoms with Gasteiger partial charge in [0.25, 0.3) is 0 Å². The van der Waals surface area contributed by atoms with Crippen LogP contribution in [0.5, 0.6) is 0 Å². The molecular weight excluding hydrogens is 310 g/mol. The van der Waals surface area contributed by atoms with Crippen LogP contribution in [0.1, 0.15) is 30.1 Å². The molecule has 0 radical (unpaired) electrons. The Bertz CT molecular complexity index is 461. The van der Waals surface area contributed by atoms with E-state index in [0.29, 0.717) is 10.3 Å². The highest BCUT2D eigenvalue weighted by atomic mass is 79.9. The predicted molar refractivity (Wildman–Crippen MR) is 77.7 cm³/mol. The molecule has 0 spiro atoms. The Kier molecular flexibility index (Phi) is 4.76. The van der Waals surface area contributed by atoms with E-state index in [0.717, 1.165) is 19.6 Å². The lowest BCUT2D eigenvalue weighted by molar-refractivity contribution is 0.0697. The fourth-order valence-electron chi connectivity index (χ4n) is 2.35. The Labute approximate surface area is 121 Å². The Hall–Kier alpha value is -1.14. The van der Waals surface area contributed by atoms with E-state index in [2.05, 4.69) is 31.1 Å². The number of anilines is 1. The molecule has 1 saturated heterocycles. The first kappa shape index (κ1) is 14.3. The molecule has 0 aliphatic carbocycles. The number of aromatic nitrogens is 1. The zero-order valence-electron chi connectivity index (χ0n) is 10.9. The van der Waals surface area contributed by atoms with Crippen LogP contribution in [0.4, 0.5) is 5.82 Å². The van der Waals surface area contributed by atoms with Gasteiger partial charge in [0.05, 0.1) is 0 Å². The molecule has 6 heteroatoms. The van der Waals surface area contributed by atoms with Gasteiger partial charge in [0.2, 0.25) is 0 Å². The minimum atomic E-state index is -0.968. The van der Waals surface area contributed by atoms with Crippen LogP contribution in [-0.4, -0.2) is 46.6 Å². The van der Waals surface area contributed by atoms with Crippen molar-refractivity contribution in [2.75, 3.05) is 25.0 Å². The van der Waals surface area contributed by atoms with Gasteiger partial charge in [-0.25, -0.2) is 9.78 Å². The first-order valence-electron chi connectivity index (χ1n) is 6.44. The third kappa shape index (κ3) is 3.91. The molecule has 1 unspecified atom stereocenters. The highest BCUT2D eigenvalue weighted by Gasteiger charge is 2.17. The third-order valence-corrected chi connectivity index (χ3v) is 3.63. The van der Waals surface area contributed by atoms with Crippen molar-refractivity contribution in [2.45, 2.75) is 25.8 Å². The summed E-state index contributed by atoms with van der Waals surface area (Å²) in [6, 6.07) is 1.74. The Morgan fingerprint density at radius 1 is 1.58 bits per heavy atom. The maximum atomic E-state index is 11.2. The van der Waals surface area contributed by atoms with E-state index in [4.69, 9.17) is 0 Å². The monoisotopic (exact) mass is 327 g/mol. The standard InChI is InChI=1S/C13H18BrN3O2/c1-9(8-17-4-2-3-5-17)16-12-11(13(18)19)6-10(14)7-15-12/h6-7,9H,2-5,8H2,1H3,(H,15,16)(H,18,19). The molecule has 2 heterocycles. The Morgan fingerprint density at radius 3 is 2.89 bits per heavy atom. The summed E-state index contributed by atoms with van der Waals surface area (Å²) in [6.07, 6.45) is 4.12. The number of aromatic carboxylic acids is 1. The van der Waals surface area contributed by atoms with E-state index in [-0.39, 0.29) is 11.6 Å². The van der Waals surface area contributed by atoms with E-state index in [1.165, 1.54) is 12.8 Å². The molecule has 1 aliphatic rings. The molecule has 1 aliphatic heterocycles. The van der Waals surface area contributed by atoms with Crippen LogP contribution in [0, 0.1) is 0 Å². The number of carboxylic acids is 1. The fraction of sp³-hybridized carbons (Fsp3) is 0.538. The minimum absolute atomic E-state index is 0.171. The van der Waals surface area contributed by atoms with Gasteiger partial charge in [0.1, 0.15) is 11.4 Å². The molecule has 0 aromatic carbocycles. The average Bonchev–Trinajstić information content (AvgIpc) is 2.83. The van der Waals surface area contributed by atoms with Crippen molar-refractivity contribution in [3.63, 3.8) is 0 Å². The third-order valence-electron chi connectivity index (χ3n) is 3.20. The van der Waals surface area contributed by atoms with Gasteiger partial charge < -0.3 is 15.3 Å². The lowest BCUT2D eigenvalue weighted by Gasteiger charge is -2.22. The van der Waals surface area contributed by atoms with Crippen LogP contribution in [0.3, 0.4) is 0 Å². The molecule has 104 valence electrons. The lowest BCUT2D eigenvalue weighted by atomic mass is 10.2. The van der Waals surface area contributed by atoms with Crippen LogP contribution >= 0.6 is 15.9 Å². The quantitative estimate of drug-likeness (QED) is 0.869. The average molecular weight is 328 g/mol. The highest BCUT2D eigenvalue weighted by molar-refractivity contribution is 9.10. The molecule has 5 nitrogen and oxygen atoms in total. The number of hydrogen-bond acceptors (Lipinski definition) is 4.